The average molecular weight is 816 g/mol. The topological polar surface area (TPSA) is 161 Å². The molecule has 2 unspecified atom stereocenters. The second kappa shape index (κ2) is 17.8. The summed E-state index contributed by atoms with van der Waals surface area (Å²) in [7, 11) is 0. The summed E-state index contributed by atoms with van der Waals surface area (Å²) in [4.78, 5) is 50.5. The summed E-state index contributed by atoms with van der Waals surface area (Å²) in [6, 6.07) is 23.4. The molecule has 0 spiro atoms. The van der Waals surface area contributed by atoms with Crippen molar-refractivity contribution in [1.29, 1.82) is 0 Å². The van der Waals surface area contributed by atoms with E-state index in [0.29, 0.717) is 17.2 Å². The third-order valence-corrected chi connectivity index (χ3v) is 12.5. The van der Waals surface area contributed by atoms with Crippen molar-refractivity contribution >= 4 is 29.1 Å². The van der Waals surface area contributed by atoms with Gasteiger partial charge in [0.2, 0.25) is 17.7 Å². The predicted molar refractivity (Wildman–Crippen MR) is 229 cm³/mol. The van der Waals surface area contributed by atoms with Crippen LogP contribution in [-0.2, 0) is 14.4 Å². The molecule has 13 heteroatoms. The van der Waals surface area contributed by atoms with Crippen LogP contribution in [0.1, 0.15) is 75.7 Å². The lowest BCUT2D eigenvalue weighted by atomic mass is 9.85. The zero-order valence-corrected chi connectivity index (χ0v) is 35.1. The monoisotopic (exact) mass is 815 g/mol. The molecule has 308 valence electrons. The number of piperidine rings is 1. The van der Waals surface area contributed by atoms with Crippen molar-refractivity contribution < 1.29 is 24.6 Å². The van der Waals surface area contributed by atoms with Crippen LogP contribution in [0.15, 0.2) is 90.6 Å². The maximum atomic E-state index is 14.2. The number of rotatable bonds is 11. The largest absolute Gasteiger partial charge is 0.507 e. The van der Waals surface area contributed by atoms with Gasteiger partial charge in [-0.3, -0.25) is 19.3 Å². The first-order valence-electron chi connectivity index (χ1n) is 20.3. The molecule has 0 saturated carbocycles. The molecule has 4 atom stereocenters. The molecule has 0 radical (unpaired) electrons. The highest BCUT2D eigenvalue weighted by atomic mass is 32.1. The van der Waals surface area contributed by atoms with Gasteiger partial charge < -0.3 is 25.7 Å². The summed E-state index contributed by atoms with van der Waals surface area (Å²) in [5.74, 6) is -0.459. The number of β-amino-alcohol motifs (C(OH)–C–C–N with tert-alkyl or cyclic N) is 1. The highest BCUT2D eigenvalue weighted by Crippen LogP contribution is 2.33. The van der Waals surface area contributed by atoms with E-state index in [4.69, 9.17) is 0 Å². The third kappa shape index (κ3) is 9.70. The minimum Gasteiger partial charge on any atom is -0.507 e. The lowest BCUT2D eigenvalue weighted by Gasteiger charge is -2.36. The van der Waals surface area contributed by atoms with Crippen molar-refractivity contribution in [2.75, 3.05) is 26.2 Å². The number of phenols is 1. The molecule has 2 fully saturated rings. The number of carbonyl (C=O) groups excluding carboxylic acids is 3. The lowest BCUT2D eigenvalue weighted by molar-refractivity contribution is -0.144. The smallest absolute Gasteiger partial charge is 0.246 e. The molecular formula is C46H53N7O5S. The molecular weight excluding hydrogens is 763 g/mol. The molecule has 4 heterocycles. The van der Waals surface area contributed by atoms with Crippen LogP contribution < -0.4 is 10.6 Å². The standard InChI is InChI=1S/C46H53N7O5S/c1-28(30-10-16-34(17-11-30)42-29(2)47-27-59-42)49-44(57)39-23-36(54)25-53(39)45(58)43(46(3,4)5)50-41(56)26-52-20-18-33(19-21-52)31-12-14-32(15-13-31)35-22-38(51-48-24-35)37-8-6-7-9-40(37)55/h6-17,22,24,27-28,33,36,39,43,54-55H,18-21,23,25-26H2,1-5H3,(H,49,57)(H,50,56)/t28?,36-,39+,43?/m1/s1. The molecule has 5 aromatic rings. The van der Waals surface area contributed by atoms with Gasteiger partial charge in [-0.2, -0.15) is 10.2 Å². The first-order valence-corrected chi connectivity index (χ1v) is 21.2. The van der Waals surface area contributed by atoms with Crippen molar-refractivity contribution in [3.8, 4) is 38.6 Å². The van der Waals surface area contributed by atoms with Crippen LogP contribution in [0.3, 0.4) is 0 Å². The summed E-state index contributed by atoms with van der Waals surface area (Å²) in [6.07, 6.45) is 2.77. The van der Waals surface area contributed by atoms with Crippen LogP contribution >= 0.6 is 11.3 Å². The van der Waals surface area contributed by atoms with Crippen LogP contribution in [0.4, 0.5) is 0 Å². The number of likely N-dealkylation sites (tertiary alicyclic amines) is 2. The Morgan fingerprint density at radius 3 is 2.29 bits per heavy atom. The molecule has 2 aliphatic rings. The Kier molecular flexibility index (Phi) is 12.6. The van der Waals surface area contributed by atoms with E-state index < -0.39 is 23.6 Å². The zero-order chi connectivity index (χ0) is 41.8. The summed E-state index contributed by atoms with van der Waals surface area (Å²) in [5.41, 5.74) is 8.52. The van der Waals surface area contributed by atoms with Gasteiger partial charge in [-0.05, 0) is 91.6 Å². The number of aryl methyl sites for hydroxylation is 1. The van der Waals surface area contributed by atoms with E-state index in [1.54, 1.807) is 29.7 Å². The Hall–Kier alpha value is -5.50. The van der Waals surface area contributed by atoms with Gasteiger partial charge in [0.05, 0.1) is 46.7 Å². The Balaban J connectivity index is 0.924. The first kappa shape index (κ1) is 41.7. The number of aliphatic hydroxyl groups is 1. The van der Waals surface area contributed by atoms with E-state index in [9.17, 15) is 24.6 Å². The fourth-order valence-corrected chi connectivity index (χ4v) is 8.96. The first-order chi connectivity index (χ1) is 28.2. The van der Waals surface area contributed by atoms with Gasteiger partial charge in [-0.15, -0.1) is 11.3 Å². The van der Waals surface area contributed by atoms with Gasteiger partial charge in [0.15, 0.2) is 0 Å². The van der Waals surface area contributed by atoms with E-state index in [-0.39, 0.29) is 49.0 Å². The molecule has 2 aliphatic heterocycles. The number of hydrogen-bond donors (Lipinski definition) is 4. The molecule has 2 saturated heterocycles. The minimum absolute atomic E-state index is 0.0177. The van der Waals surface area contributed by atoms with Crippen LogP contribution in [0.25, 0.3) is 32.8 Å². The number of carbonyl (C=O) groups is 3. The summed E-state index contributed by atoms with van der Waals surface area (Å²) in [6.45, 7) is 11.2. The highest BCUT2D eigenvalue weighted by Gasteiger charge is 2.45. The number of amides is 3. The van der Waals surface area contributed by atoms with Gasteiger partial charge in [0.1, 0.15) is 17.8 Å². The average Bonchev–Trinajstić information content (AvgIpc) is 3.85. The molecule has 7 rings (SSSR count). The molecule has 3 aromatic carbocycles. The normalized spacial score (nSPS) is 18.6. The molecule has 2 aromatic heterocycles. The number of nitrogens with zero attached hydrogens (tertiary/aromatic N) is 5. The van der Waals surface area contributed by atoms with Gasteiger partial charge in [-0.1, -0.05) is 81.4 Å². The number of nitrogens with one attached hydrogen (secondary N) is 2. The van der Waals surface area contributed by atoms with Crippen molar-refractivity contribution in [2.45, 2.75) is 84.0 Å². The van der Waals surface area contributed by atoms with E-state index in [1.807, 2.05) is 82.6 Å². The zero-order valence-electron chi connectivity index (χ0n) is 34.3. The van der Waals surface area contributed by atoms with E-state index in [2.05, 4.69) is 55.0 Å². The van der Waals surface area contributed by atoms with Crippen LogP contribution in [0.5, 0.6) is 5.75 Å². The second-order valence-corrected chi connectivity index (χ2v) is 17.8. The van der Waals surface area contributed by atoms with Crippen molar-refractivity contribution in [3.05, 3.63) is 107 Å². The van der Waals surface area contributed by atoms with E-state index in [0.717, 1.165) is 58.8 Å². The second-order valence-electron chi connectivity index (χ2n) is 16.9. The number of para-hydroxylation sites is 1. The maximum Gasteiger partial charge on any atom is 0.246 e. The summed E-state index contributed by atoms with van der Waals surface area (Å²) >= 11 is 1.58. The Morgan fingerprint density at radius 1 is 0.932 bits per heavy atom. The van der Waals surface area contributed by atoms with Gasteiger partial charge >= 0.3 is 0 Å². The molecule has 12 nitrogen and oxygen atoms in total. The van der Waals surface area contributed by atoms with Crippen molar-refractivity contribution in [3.63, 3.8) is 0 Å². The van der Waals surface area contributed by atoms with Gasteiger partial charge in [0.25, 0.3) is 0 Å². The molecule has 4 N–H and O–H groups in total. The fourth-order valence-electron chi connectivity index (χ4n) is 8.14. The maximum absolute atomic E-state index is 14.2. The number of phenolic OH excluding ortho intramolecular Hbond substituents is 1. The van der Waals surface area contributed by atoms with Crippen molar-refractivity contribution in [2.24, 2.45) is 5.41 Å². The number of hydrogen-bond acceptors (Lipinski definition) is 10. The number of aliphatic hydroxyl groups excluding tert-OH is 1. The number of aromatic nitrogens is 3. The minimum atomic E-state index is -0.892. The summed E-state index contributed by atoms with van der Waals surface area (Å²) < 4.78 is 0. The third-order valence-electron chi connectivity index (χ3n) is 11.6. The number of thiazole rings is 1. The number of aromatic hydroxyl groups is 1. The van der Waals surface area contributed by atoms with E-state index >= 15 is 0 Å². The van der Waals surface area contributed by atoms with Gasteiger partial charge in [0, 0.05) is 24.1 Å². The van der Waals surface area contributed by atoms with Crippen LogP contribution in [0, 0.1) is 12.3 Å². The van der Waals surface area contributed by atoms with Crippen molar-refractivity contribution in [1.82, 2.24) is 35.6 Å². The summed E-state index contributed by atoms with van der Waals surface area (Å²) in [5, 5.41) is 35.4. The molecule has 59 heavy (non-hydrogen) atoms. The Labute approximate surface area is 349 Å². The SMILES string of the molecule is Cc1ncsc1-c1ccc(C(C)NC(=O)[C@@H]2C[C@@H](O)CN2C(=O)C(NC(=O)CN2CCC(c3ccc(-c4cnnc(-c5ccccc5O)c4)cc3)CC2)C(C)(C)C)cc1. The van der Waals surface area contributed by atoms with Crippen LogP contribution in [0.2, 0.25) is 0 Å². The Bertz CT molecular complexity index is 2260. The highest BCUT2D eigenvalue weighted by molar-refractivity contribution is 7.13. The predicted octanol–water partition coefficient (Wildman–Crippen LogP) is 6.50. The molecule has 0 aliphatic carbocycles. The Morgan fingerprint density at radius 2 is 1.63 bits per heavy atom. The van der Waals surface area contributed by atoms with E-state index in [1.165, 1.54) is 10.5 Å². The van der Waals surface area contributed by atoms with Gasteiger partial charge in [-0.25, -0.2) is 4.98 Å². The molecule has 0 bridgehead atoms. The van der Waals surface area contributed by atoms with Crippen LogP contribution in [-0.4, -0.2) is 97.3 Å². The fraction of sp³-hybridized carbons (Fsp3) is 0.391. The number of benzene rings is 3. The lowest BCUT2D eigenvalue weighted by Crippen LogP contribution is -2.59. The quantitative estimate of drug-likeness (QED) is 0.117. The molecule has 3 amide bonds.